The summed E-state index contributed by atoms with van der Waals surface area (Å²) in [4.78, 5) is 11.5. The van der Waals surface area contributed by atoms with Crippen molar-refractivity contribution in [3.05, 3.63) is 29.8 Å². The molecule has 1 aromatic carbocycles. The average molecular weight is 223 g/mol. The van der Waals surface area contributed by atoms with Gasteiger partial charge in [0.2, 0.25) is 0 Å². The van der Waals surface area contributed by atoms with E-state index in [2.05, 4.69) is 19.2 Å². The van der Waals surface area contributed by atoms with E-state index < -0.39 is 0 Å². The van der Waals surface area contributed by atoms with Gasteiger partial charge in [0.1, 0.15) is 0 Å². The van der Waals surface area contributed by atoms with Crippen LogP contribution >= 0.6 is 11.8 Å². The first kappa shape index (κ1) is 12.1. The van der Waals surface area contributed by atoms with Gasteiger partial charge in [-0.2, -0.15) is 0 Å². The zero-order chi connectivity index (χ0) is 11.3. The molecule has 0 saturated carbocycles. The topological polar surface area (TPSA) is 29.1 Å². The average Bonchev–Trinajstić information content (AvgIpc) is 2.18. The van der Waals surface area contributed by atoms with Gasteiger partial charge in [0.25, 0.3) is 5.24 Å². The summed E-state index contributed by atoms with van der Waals surface area (Å²) in [5.74, 6) is 1.40. The predicted molar refractivity (Wildman–Crippen MR) is 67.5 cm³/mol. The minimum Gasteiger partial charge on any atom is -0.317 e. The van der Waals surface area contributed by atoms with E-state index >= 15 is 0 Å². The predicted octanol–water partition coefficient (Wildman–Crippen LogP) is 3.92. The van der Waals surface area contributed by atoms with Gasteiger partial charge in [0.05, 0.1) is 0 Å². The van der Waals surface area contributed by atoms with Crippen molar-refractivity contribution in [1.29, 1.82) is 0 Å². The number of carbonyl (C=O) groups excluding carboxylic acids is 1. The molecule has 0 heterocycles. The zero-order valence-corrected chi connectivity index (χ0v) is 10.2. The summed E-state index contributed by atoms with van der Waals surface area (Å²) in [6.07, 6.45) is 0. The lowest BCUT2D eigenvalue weighted by atomic mass is 10.2. The Bertz CT molecular complexity index is 336. The number of benzene rings is 1. The van der Waals surface area contributed by atoms with E-state index in [-0.39, 0.29) is 5.24 Å². The van der Waals surface area contributed by atoms with Crippen LogP contribution < -0.4 is 5.32 Å². The molecular formula is C12H17NOS. The molecule has 0 aliphatic heterocycles. The molecule has 3 heteroatoms. The van der Waals surface area contributed by atoms with Crippen LogP contribution in [0.5, 0.6) is 0 Å². The first-order chi connectivity index (χ1) is 7.09. The highest BCUT2D eigenvalue weighted by atomic mass is 32.2. The Hall–Kier alpha value is -0.960. The summed E-state index contributed by atoms with van der Waals surface area (Å²) in [5, 5.41) is 2.92. The van der Waals surface area contributed by atoms with Gasteiger partial charge in [-0.05, 0) is 24.5 Å². The Morgan fingerprint density at radius 2 is 2.07 bits per heavy atom. The molecule has 0 fully saturated rings. The second-order valence-corrected chi connectivity index (χ2v) is 4.93. The lowest BCUT2D eigenvalue weighted by Gasteiger charge is -2.08. The van der Waals surface area contributed by atoms with Crippen LogP contribution in [0.1, 0.15) is 19.4 Å². The van der Waals surface area contributed by atoms with Crippen molar-refractivity contribution in [2.75, 3.05) is 11.1 Å². The first-order valence-electron chi connectivity index (χ1n) is 5.09. The number of para-hydroxylation sites is 1. The van der Waals surface area contributed by atoms with Crippen molar-refractivity contribution < 1.29 is 4.79 Å². The molecule has 0 saturated heterocycles. The number of aryl methyl sites for hydroxylation is 1. The summed E-state index contributed by atoms with van der Waals surface area (Å²) in [6, 6.07) is 7.80. The van der Waals surface area contributed by atoms with E-state index in [4.69, 9.17) is 0 Å². The Morgan fingerprint density at radius 1 is 1.40 bits per heavy atom. The van der Waals surface area contributed by atoms with Gasteiger partial charge in [-0.15, -0.1) is 0 Å². The molecule has 1 aromatic rings. The zero-order valence-electron chi connectivity index (χ0n) is 9.41. The largest absolute Gasteiger partial charge is 0.317 e. The van der Waals surface area contributed by atoms with Crippen molar-refractivity contribution in [2.45, 2.75) is 20.8 Å². The van der Waals surface area contributed by atoms with Crippen molar-refractivity contribution in [3.8, 4) is 0 Å². The molecule has 2 nitrogen and oxygen atoms in total. The van der Waals surface area contributed by atoms with E-state index in [0.717, 1.165) is 17.0 Å². The van der Waals surface area contributed by atoms with Crippen LogP contribution in [0.3, 0.4) is 0 Å². The number of hydrogen-bond acceptors (Lipinski definition) is 2. The fourth-order valence-corrected chi connectivity index (χ4v) is 1.77. The fourth-order valence-electron chi connectivity index (χ4n) is 1.10. The van der Waals surface area contributed by atoms with Gasteiger partial charge < -0.3 is 5.32 Å². The number of amides is 1. The molecule has 0 aromatic heterocycles. The monoisotopic (exact) mass is 223 g/mol. The normalized spacial score (nSPS) is 10.4. The smallest absolute Gasteiger partial charge is 0.283 e. The molecule has 0 spiro atoms. The summed E-state index contributed by atoms with van der Waals surface area (Å²) in [7, 11) is 0. The van der Waals surface area contributed by atoms with Crippen LogP contribution in [0, 0.1) is 12.8 Å². The summed E-state index contributed by atoms with van der Waals surface area (Å²) >= 11 is 1.34. The van der Waals surface area contributed by atoms with Gasteiger partial charge in [0.15, 0.2) is 0 Å². The molecule has 0 unspecified atom stereocenters. The summed E-state index contributed by atoms with van der Waals surface area (Å²) in [5.41, 5.74) is 2.00. The summed E-state index contributed by atoms with van der Waals surface area (Å²) < 4.78 is 0. The maximum absolute atomic E-state index is 11.5. The second kappa shape index (κ2) is 5.81. The third-order valence-electron chi connectivity index (χ3n) is 1.93. The van der Waals surface area contributed by atoms with Crippen LogP contribution in [0.4, 0.5) is 10.5 Å². The second-order valence-electron chi connectivity index (χ2n) is 3.93. The van der Waals surface area contributed by atoms with Gasteiger partial charge in [-0.3, -0.25) is 4.79 Å². The van der Waals surface area contributed by atoms with E-state index in [1.165, 1.54) is 11.8 Å². The number of rotatable bonds is 3. The van der Waals surface area contributed by atoms with Gasteiger partial charge >= 0.3 is 0 Å². The number of anilines is 1. The Kier molecular flexibility index (Phi) is 4.69. The Balaban J connectivity index is 2.48. The third kappa shape index (κ3) is 4.38. The van der Waals surface area contributed by atoms with Crippen molar-refractivity contribution >= 4 is 22.7 Å². The van der Waals surface area contributed by atoms with E-state index in [9.17, 15) is 4.79 Å². The van der Waals surface area contributed by atoms with Crippen molar-refractivity contribution in [1.82, 2.24) is 0 Å². The lowest BCUT2D eigenvalue weighted by molar-refractivity contribution is 0.269. The minimum absolute atomic E-state index is 0.0259. The number of hydrogen-bond donors (Lipinski definition) is 1. The fraction of sp³-hybridized carbons (Fsp3) is 0.417. The van der Waals surface area contributed by atoms with Crippen molar-refractivity contribution in [2.24, 2.45) is 5.92 Å². The van der Waals surface area contributed by atoms with Crippen LogP contribution in [0.25, 0.3) is 0 Å². The van der Waals surface area contributed by atoms with Gasteiger partial charge in [0, 0.05) is 11.4 Å². The quantitative estimate of drug-likeness (QED) is 0.841. The Labute approximate surface area is 95.5 Å². The molecular weight excluding hydrogens is 206 g/mol. The summed E-state index contributed by atoms with van der Waals surface area (Å²) in [6.45, 7) is 6.20. The van der Waals surface area contributed by atoms with Crippen molar-refractivity contribution in [3.63, 3.8) is 0 Å². The van der Waals surface area contributed by atoms with E-state index in [1.807, 2.05) is 31.2 Å². The molecule has 1 rings (SSSR count). The molecule has 0 atom stereocenters. The standard InChI is InChI=1S/C12H17NOS/c1-9(2)8-15-12(14)13-11-7-5-4-6-10(11)3/h4-7,9H,8H2,1-3H3,(H,13,14). The van der Waals surface area contributed by atoms with Crippen LogP contribution in [0.2, 0.25) is 0 Å². The highest BCUT2D eigenvalue weighted by Gasteiger charge is 2.05. The molecule has 0 aliphatic carbocycles. The van der Waals surface area contributed by atoms with Crippen LogP contribution in [0.15, 0.2) is 24.3 Å². The highest BCUT2D eigenvalue weighted by Crippen LogP contribution is 2.17. The maximum Gasteiger partial charge on any atom is 0.283 e. The van der Waals surface area contributed by atoms with E-state index in [1.54, 1.807) is 0 Å². The molecule has 82 valence electrons. The SMILES string of the molecule is Cc1ccccc1NC(=O)SCC(C)C. The molecule has 0 bridgehead atoms. The third-order valence-corrected chi connectivity index (χ3v) is 3.13. The van der Waals surface area contributed by atoms with E-state index in [0.29, 0.717) is 5.92 Å². The molecule has 15 heavy (non-hydrogen) atoms. The van der Waals surface area contributed by atoms with Crippen LogP contribution in [-0.2, 0) is 0 Å². The molecule has 1 N–H and O–H groups in total. The number of thioether (sulfide) groups is 1. The van der Waals surface area contributed by atoms with Crippen LogP contribution in [-0.4, -0.2) is 11.0 Å². The number of nitrogens with one attached hydrogen (secondary N) is 1. The molecule has 1 amide bonds. The van der Waals surface area contributed by atoms with Gasteiger partial charge in [-0.1, -0.05) is 43.8 Å². The van der Waals surface area contributed by atoms with Gasteiger partial charge in [-0.25, -0.2) is 0 Å². The highest BCUT2D eigenvalue weighted by molar-refractivity contribution is 8.13. The minimum atomic E-state index is 0.0259. The molecule has 0 aliphatic rings. The Morgan fingerprint density at radius 3 is 2.67 bits per heavy atom. The lowest BCUT2D eigenvalue weighted by Crippen LogP contribution is -2.08. The first-order valence-corrected chi connectivity index (χ1v) is 6.07. The maximum atomic E-state index is 11.5. The molecule has 0 radical (unpaired) electrons. The number of carbonyl (C=O) groups is 1.